The number of hydrogen-bond acceptors (Lipinski definition) is 5. The van der Waals surface area contributed by atoms with E-state index in [1.807, 2.05) is 55.5 Å². The van der Waals surface area contributed by atoms with E-state index in [1.54, 1.807) is 0 Å². The van der Waals surface area contributed by atoms with Crippen molar-refractivity contribution in [2.75, 3.05) is 13.2 Å². The number of phenolic OH excluding ortho intramolecular Hbond substituents is 1. The number of phenols is 1. The molecule has 0 atom stereocenters. The summed E-state index contributed by atoms with van der Waals surface area (Å²) in [6, 6.07) is 15.3. The molecule has 3 aromatic rings. The van der Waals surface area contributed by atoms with Crippen LogP contribution in [-0.2, 0) is 0 Å². The molecular weight excluding hydrogens is 442 g/mol. The van der Waals surface area contributed by atoms with Crippen molar-refractivity contribution in [2.45, 2.75) is 13.3 Å². The number of aryl methyl sites for hydroxylation is 1. The van der Waals surface area contributed by atoms with Gasteiger partial charge in [-0.2, -0.15) is 0 Å². The highest BCUT2D eigenvalue weighted by Gasteiger charge is 2.11. The molecule has 0 saturated carbocycles. The van der Waals surface area contributed by atoms with Crippen LogP contribution < -0.4 is 10.1 Å². The maximum absolute atomic E-state index is 12.3. The number of hydrogen-bond donors (Lipinski definition) is 2. The van der Waals surface area contributed by atoms with Crippen molar-refractivity contribution in [3.8, 4) is 11.5 Å². The highest BCUT2D eigenvalue weighted by atomic mass is 35.5. The Kier molecular flexibility index (Phi) is 8.30. The van der Waals surface area contributed by atoms with Crippen LogP contribution in [-0.4, -0.2) is 29.1 Å². The molecule has 8 nitrogen and oxygen atoms in total. The Morgan fingerprint density at radius 2 is 2.09 bits per heavy atom. The number of nitrogens with one attached hydrogen (secondary N) is 1. The second kappa shape index (κ2) is 11.6. The molecule has 0 radical (unpaired) electrons. The number of benzene rings is 2. The van der Waals surface area contributed by atoms with Crippen LogP contribution in [0.25, 0.3) is 22.6 Å². The highest BCUT2D eigenvalue weighted by Crippen LogP contribution is 2.24. The highest BCUT2D eigenvalue weighted by molar-refractivity contribution is 6.30. The number of rotatable bonds is 9. The summed E-state index contributed by atoms with van der Waals surface area (Å²) in [5.41, 5.74) is 11.3. The third kappa shape index (κ3) is 7.00. The van der Waals surface area contributed by atoms with E-state index < -0.39 is 5.91 Å². The zero-order valence-corrected chi connectivity index (χ0v) is 18.7. The van der Waals surface area contributed by atoms with Gasteiger partial charge >= 0.3 is 0 Å². The smallest absolute Gasteiger partial charge is 0.255 e. The van der Waals surface area contributed by atoms with Gasteiger partial charge in [0.15, 0.2) is 0 Å². The summed E-state index contributed by atoms with van der Waals surface area (Å²) in [6.07, 6.45) is 4.34. The molecule has 2 N–H and O–H groups in total. The van der Waals surface area contributed by atoms with Crippen LogP contribution in [0.15, 0.2) is 59.7 Å². The largest absolute Gasteiger partial charge is 0.507 e. The van der Waals surface area contributed by atoms with Crippen molar-refractivity contribution >= 4 is 35.3 Å². The zero-order valence-electron chi connectivity index (χ0n) is 17.9. The van der Waals surface area contributed by atoms with Gasteiger partial charge in [-0.05, 0) is 66.9 Å². The normalized spacial score (nSPS) is 10.6. The van der Waals surface area contributed by atoms with Crippen molar-refractivity contribution in [1.82, 2.24) is 10.3 Å². The molecule has 0 unspecified atom stereocenters. The van der Waals surface area contributed by atoms with Crippen molar-refractivity contribution in [3.63, 3.8) is 0 Å². The lowest BCUT2D eigenvalue weighted by atomic mass is 10.1. The molecule has 9 heteroatoms. The minimum atomic E-state index is -0.429. The van der Waals surface area contributed by atoms with Gasteiger partial charge in [0.05, 0.1) is 12.2 Å². The van der Waals surface area contributed by atoms with Gasteiger partial charge < -0.3 is 15.2 Å². The van der Waals surface area contributed by atoms with Crippen molar-refractivity contribution < 1.29 is 14.6 Å². The van der Waals surface area contributed by atoms with E-state index in [9.17, 15) is 9.90 Å². The standard InChI is InChI=1S/C24H22ClN5O3/c1-16-6-11-23(21(28-16)10-7-17-4-2-5-18(25)14-17)33-13-3-12-27-24(32)20-9-8-19(29-30-26)15-22(20)31/h2,4-11,14-15,31H,3,12-13H2,1H3,(H,27,32)/b10-7+. The topological polar surface area (TPSA) is 120 Å². The van der Waals surface area contributed by atoms with Crippen LogP contribution in [0.1, 0.15) is 33.7 Å². The van der Waals surface area contributed by atoms with Gasteiger partial charge in [0.25, 0.3) is 5.91 Å². The Bertz CT molecular complexity index is 1220. The molecule has 0 fully saturated rings. The Morgan fingerprint density at radius 1 is 1.24 bits per heavy atom. The lowest BCUT2D eigenvalue weighted by molar-refractivity contribution is 0.0949. The minimum Gasteiger partial charge on any atom is -0.507 e. The third-order valence-corrected chi connectivity index (χ3v) is 4.79. The molecule has 1 amide bonds. The second-order valence-electron chi connectivity index (χ2n) is 7.07. The van der Waals surface area contributed by atoms with Crippen LogP contribution >= 0.6 is 11.6 Å². The first kappa shape index (κ1) is 23.7. The number of carbonyl (C=O) groups is 1. The van der Waals surface area contributed by atoms with Crippen LogP contribution in [0.2, 0.25) is 5.02 Å². The number of halogens is 1. The molecule has 0 bridgehead atoms. The number of azide groups is 1. The summed E-state index contributed by atoms with van der Waals surface area (Å²) in [5, 5.41) is 16.7. The quantitative estimate of drug-likeness (QED) is 0.173. The Hall–Kier alpha value is -4.00. The molecule has 0 aliphatic carbocycles. The molecule has 0 aliphatic rings. The first-order valence-electron chi connectivity index (χ1n) is 10.2. The monoisotopic (exact) mass is 463 g/mol. The first-order valence-corrected chi connectivity index (χ1v) is 10.5. The lowest BCUT2D eigenvalue weighted by Gasteiger charge is -2.11. The van der Waals surface area contributed by atoms with E-state index in [0.29, 0.717) is 36.0 Å². The number of carbonyl (C=O) groups excluding carboxylic acids is 1. The molecule has 3 rings (SSSR count). The van der Waals surface area contributed by atoms with E-state index in [0.717, 1.165) is 11.3 Å². The van der Waals surface area contributed by atoms with Gasteiger partial charge in [0.1, 0.15) is 17.2 Å². The third-order valence-electron chi connectivity index (χ3n) is 4.56. The Morgan fingerprint density at radius 3 is 2.85 bits per heavy atom. The van der Waals surface area contributed by atoms with Crippen LogP contribution in [0.5, 0.6) is 11.5 Å². The first-order chi connectivity index (χ1) is 16.0. The summed E-state index contributed by atoms with van der Waals surface area (Å²) in [7, 11) is 0. The summed E-state index contributed by atoms with van der Waals surface area (Å²) in [6.45, 7) is 2.62. The predicted octanol–water partition coefficient (Wildman–Crippen LogP) is 6.06. The molecule has 1 aromatic heterocycles. The Labute approximate surface area is 196 Å². The van der Waals surface area contributed by atoms with Gasteiger partial charge in [0, 0.05) is 27.9 Å². The maximum atomic E-state index is 12.3. The summed E-state index contributed by atoms with van der Waals surface area (Å²) in [5.74, 6) is -0.0471. The van der Waals surface area contributed by atoms with Crippen LogP contribution in [0.4, 0.5) is 5.69 Å². The van der Waals surface area contributed by atoms with E-state index in [-0.39, 0.29) is 17.0 Å². The fourth-order valence-electron chi connectivity index (χ4n) is 2.97. The van der Waals surface area contributed by atoms with Crippen molar-refractivity contribution in [1.29, 1.82) is 0 Å². The number of ether oxygens (including phenoxy) is 1. The number of aromatic hydroxyl groups is 1. The van der Waals surface area contributed by atoms with Gasteiger partial charge in [-0.1, -0.05) is 41.0 Å². The molecule has 0 spiro atoms. The minimum absolute atomic E-state index is 0.101. The predicted molar refractivity (Wildman–Crippen MR) is 129 cm³/mol. The lowest BCUT2D eigenvalue weighted by Crippen LogP contribution is -2.25. The van der Waals surface area contributed by atoms with Crippen molar-refractivity contribution in [2.24, 2.45) is 5.11 Å². The number of nitrogens with zero attached hydrogens (tertiary/aromatic N) is 4. The van der Waals surface area contributed by atoms with Crippen molar-refractivity contribution in [3.05, 3.63) is 92.6 Å². The van der Waals surface area contributed by atoms with Gasteiger partial charge in [0.2, 0.25) is 0 Å². The fraction of sp³-hybridized carbons (Fsp3) is 0.167. The second-order valence-corrected chi connectivity index (χ2v) is 7.51. The molecule has 0 aliphatic heterocycles. The van der Waals surface area contributed by atoms with E-state index in [1.165, 1.54) is 18.2 Å². The fourth-order valence-corrected chi connectivity index (χ4v) is 3.17. The molecule has 1 heterocycles. The average Bonchev–Trinajstić information content (AvgIpc) is 2.79. The SMILES string of the molecule is Cc1ccc(OCCCNC(=O)c2ccc(N=[N+]=[N-])cc2O)c(/C=C/c2cccc(Cl)c2)n1. The molecule has 2 aromatic carbocycles. The average molecular weight is 464 g/mol. The van der Waals surface area contributed by atoms with E-state index in [2.05, 4.69) is 20.3 Å². The number of aromatic nitrogens is 1. The number of pyridine rings is 1. The van der Waals surface area contributed by atoms with Gasteiger partial charge in [-0.15, -0.1) is 0 Å². The van der Waals surface area contributed by atoms with Gasteiger partial charge in [-0.3, -0.25) is 4.79 Å². The molecule has 33 heavy (non-hydrogen) atoms. The summed E-state index contributed by atoms with van der Waals surface area (Å²) >= 11 is 6.04. The Balaban J connectivity index is 1.53. The number of amides is 1. The maximum Gasteiger partial charge on any atom is 0.255 e. The molecular formula is C24H22ClN5O3. The van der Waals surface area contributed by atoms with Crippen LogP contribution in [0, 0.1) is 6.92 Å². The molecule has 0 saturated heterocycles. The van der Waals surface area contributed by atoms with E-state index >= 15 is 0 Å². The van der Waals surface area contributed by atoms with Crippen LogP contribution in [0.3, 0.4) is 0 Å². The van der Waals surface area contributed by atoms with E-state index in [4.69, 9.17) is 21.9 Å². The van der Waals surface area contributed by atoms with Gasteiger partial charge in [-0.25, -0.2) is 4.98 Å². The summed E-state index contributed by atoms with van der Waals surface area (Å²) in [4.78, 5) is 19.4. The summed E-state index contributed by atoms with van der Waals surface area (Å²) < 4.78 is 5.87. The zero-order chi connectivity index (χ0) is 23.6. The molecule has 168 valence electrons.